The molecule has 0 aromatic carbocycles. The van der Waals surface area contributed by atoms with E-state index < -0.39 is 0 Å². The summed E-state index contributed by atoms with van der Waals surface area (Å²) in [5, 5.41) is 0. The van der Waals surface area contributed by atoms with Crippen molar-refractivity contribution < 1.29 is 4.79 Å². The second kappa shape index (κ2) is 6.60. The smallest absolute Gasteiger partial charge is 0.320 e. The number of carbonyl (C=O) groups excluding carboxylic acids is 1. The average molecular weight is 267 g/mol. The highest BCUT2D eigenvalue weighted by Crippen LogP contribution is 2.21. The molecule has 0 aromatic rings. The number of rotatable bonds is 2. The highest BCUT2D eigenvalue weighted by molar-refractivity contribution is 5.74. The quantitative estimate of drug-likeness (QED) is 0.766. The second-order valence-electron chi connectivity index (χ2n) is 6.67. The van der Waals surface area contributed by atoms with Gasteiger partial charge in [0, 0.05) is 32.7 Å². The third-order valence-electron chi connectivity index (χ3n) is 4.44. The standard InChI is InChI=1S/C15H29N3O/c1-13-5-4-8-18(11-13)15(19)17-9-6-14(7-10-17)12-16(2)3/h13-14H,4-12H2,1-3H3. The molecule has 2 aliphatic rings. The Kier molecular flexibility index (Phi) is 5.08. The number of urea groups is 1. The second-order valence-corrected chi connectivity index (χ2v) is 6.67. The molecule has 2 saturated heterocycles. The van der Waals surface area contributed by atoms with Crippen molar-refractivity contribution in [2.45, 2.75) is 32.6 Å². The van der Waals surface area contributed by atoms with Crippen molar-refractivity contribution in [1.29, 1.82) is 0 Å². The fraction of sp³-hybridized carbons (Fsp3) is 0.933. The molecule has 2 amide bonds. The first-order valence-electron chi connectivity index (χ1n) is 7.75. The molecule has 2 aliphatic heterocycles. The van der Waals surface area contributed by atoms with E-state index in [2.05, 4.69) is 35.7 Å². The summed E-state index contributed by atoms with van der Waals surface area (Å²) in [4.78, 5) is 18.9. The number of carbonyl (C=O) groups is 1. The molecule has 0 bridgehead atoms. The fourth-order valence-corrected chi connectivity index (χ4v) is 3.39. The van der Waals surface area contributed by atoms with Crippen LogP contribution < -0.4 is 0 Å². The van der Waals surface area contributed by atoms with Gasteiger partial charge >= 0.3 is 6.03 Å². The van der Waals surface area contributed by atoms with Crippen molar-refractivity contribution in [2.24, 2.45) is 11.8 Å². The molecule has 4 heteroatoms. The van der Waals surface area contributed by atoms with Gasteiger partial charge in [-0.15, -0.1) is 0 Å². The highest BCUT2D eigenvalue weighted by Gasteiger charge is 2.28. The minimum absolute atomic E-state index is 0.287. The Morgan fingerprint density at radius 1 is 1.11 bits per heavy atom. The van der Waals surface area contributed by atoms with E-state index in [1.165, 1.54) is 12.8 Å². The van der Waals surface area contributed by atoms with Gasteiger partial charge in [0.25, 0.3) is 0 Å². The maximum absolute atomic E-state index is 12.5. The molecule has 2 heterocycles. The molecule has 19 heavy (non-hydrogen) atoms. The van der Waals surface area contributed by atoms with Crippen LogP contribution in [0.2, 0.25) is 0 Å². The minimum atomic E-state index is 0.287. The van der Waals surface area contributed by atoms with E-state index in [1.807, 2.05) is 0 Å². The van der Waals surface area contributed by atoms with E-state index in [0.717, 1.165) is 51.5 Å². The summed E-state index contributed by atoms with van der Waals surface area (Å²) in [6, 6.07) is 0.287. The lowest BCUT2D eigenvalue weighted by atomic mass is 9.96. The number of piperidine rings is 2. The third-order valence-corrected chi connectivity index (χ3v) is 4.44. The molecule has 2 rings (SSSR count). The predicted molar refractivity (Wildman–Crippen MR) is 78.2 cm³/mol. The summed E-state index contributed by atoms with van der Waals surface area (Å²) in [6.45, 7) is 7.22. The van der Waals surface area contributed by atoms with Gasteiger partial charge in [0.15, 0.2) is 0 Å². The Morgan fingerprint density at radius 3 is 2.37 bits per heavy atom. The Balaban J connectivity index is 1.78. The highest BCUT2D eigenvalue weighted by atomic mass is 16.2. The van der Waals surface area contributed by atoms with Gasteiger partial charge in [0.2, 0.25) is 0 Å². The van der Waals surface area contributed by atoms with Crippen molar-refractivity contribution in [1.82, 2.24) is 14.7 Å². The Bertz CT molecular complexity index is 298. The van der Waals surface area contributed by atoms with Crippen molar-refractivity contribution in [2.75, 3.05) is 46.8 Å². The van der Waals surface area contributed by atoms with Crippen LogP contribution in [0.15, 0.2) is 0 Å². The molecule has 0 saturated carbocycles. The summed E-state index contributed by atoms with van der Waals surface area (Å²) in [5.74, 6) is 1.43. The molecule has 0 aliphatic carbocycles. The van der Waals surface area contributed by atoms with Crippen LogP contribution in [0.4, 0.5) is 4.79 Å². The number of likely N-dealkylation sites (tertiary alicyclic amines) is 2. The van der Waals surface area contributed by atoms with E-state index in [-0.39, 0.29) is 6.03 Å². The largest absolute Gasteiger partial charge is 0.325 e. The summed E-state index contributed by atoms with van der Waals surface area (Å²) < 4.78 is 0. The van der Waals surface area contributed by atoms with Gasteiger partial charge in [-0.05, 0) is 51.6 Å². The molecule has 110 valence electrons. The Labute approximate surface area is 117 Å². The summed E-state index contributed by atoms with van der Waals surface area (Å²) >= 11 is 0. The van der Waals surface area contributed by atoms with Gasteiger partial charge in [0.1, 0.15) is 0 Å². The molecular weight excluding hydrogens is 238 g/mol. The van der Waals surface area contributed by atoms with E-state index >= 15 is 0 Å². The van der Waals surface area contributed by atoms with Crippen molar-refractivity contribution in [3.05, 3.63) is 0 Å². The maximum atomic E-state index is 12.5. The fourth-order valence-electron chi connectivity index (χ4n) is 3.39. The van der Waals surface area contributed by atoms with Gasteiger partial charge < -0.3 is 14.7 Å². The molecule has 0 N–H and O–H groups in total. The molecule has 2 fully saturated rings. The van der Waals surface area contributed by atoms with Crippen LogP contribution in [0.1, 0.15) is 32.6 Å². The molecule has 1 atom stereocenters. The first kappa shape index (κ1) is 14.6. The molecule has 0 spiro atoms. The van der Waals surface area contributed by atoms with Gasteiger partial charge in [-0.3, -0.25) is 0 Å². The van der Waals surface area contributed by atoms with E-state index in [0.29, 0.717) is 5.92 Å². The summed E-state index contributed by atoms with van der Waals surface area (Å²) in [5.41, 5.74) is 0. The van der Waals surface area contributed by atoms with Crippen molar-refractivity contribution >= 4 is 6.03 Å². The van der Waals surface area contributed by atoms with Crippen LogP contribution in [-0.4, -0.2) is 67.5 Å². The number of nitrogens with zero attached hydrogens (tertiary/aromatic N) is 3. The van der Waals surface area contributed by atoms with Crippen LogP contribution in [-0.2, 0) is 0 Å². The molecule has 1 unspecified atom stereocenters. The Morgan fingerprint density at radius 2 is 1.79 bits per heavy atom. The van der Waals surface area contributed by atoms with Crippen molar-refractivity contribution in [3.8, 4) is 0 Å². The van der Waals surface area contributed by atoms with E-state index in [4.69, 9.17) is 0 Å². The van der Waals surface area contributed by atoms with Crippen molar-refractivity contribution in [3.63, 3.8) is 0 Å². The van der Waals surface area contributed by atoms with Gasteiger partial charge in [-0.2, -0.15) is 0 Å². The average Bonchev–Trinajstić information content (AvgIpc) is 2.38. The van der Waals surface area contributed by atoms with Crippen LogP contribution in [0.3, 0.4) is 0 Å². The first-order chi connectivity index (χ1) is 9.06. The van der Waals surface area contributed by atoms with E-state index in [1.54, 1.807) is 0 Å². The van der Waals surface area contributed by atoms with Gasteiger partial charge in [0.05, 0.1) is 0 Å². The third kappa shape index (κ3) is 4.10. The first-order valence-corrected chi connectivity index (χ1v) is 7.75. The van der Waals surface area contributed by atoms with Crippen LogP contribution in [0.5, 0.6) is 0 Å². The molecule has 4 nitrogen and oxygen atoms in total. The van der Waals surface area contributed by atoms with Crippen LogP contribution in [0, 0.1) is 11.8 Å². The molecule has 0 aromatic heterocycles. The topological polar surface area (TPSA) is 26.8 Å². The van der Waals surface area contributed by atoms with E-state index in [9.17, 15) is 4.79 Å². The zero-order valence-corrected chi connectivity index (χ0v) is 12.8. The SMILES string of the molecule is CC1CCCN(C(=O)N2CCC(CN(C)C)CC2)C1. The lowest BCUT2D eigenvalue weighted by Gasteiger charge is -2.39. The normalized spacial score (nSPS) is 26.0. The number of amides is 2. The lowest BCUT2D eigenvalue weighted by molar-refractivity contribution is 0.111. The zero-order chi connectivity index (χ0) is 13.8. The molecular formula is C15H29N3O. The van der Waals surface area contributed by atoms with Gasteiger partial charge in [-0.25, -0.2) is 4.79 Å². The van der Waals surface area contributed by atoms with Crippen LogP contribution in [0.25, 0.3) is 0 Å². The number of hydrogen-bond acceptors (Lipinski definition) is 2. The molecule has 0 radical (unpaired) electrons. The minimum Gasteiger partial charge on any atom is -0.325 e. The Hall–Kier alpha value is -0.770. The van der Waals surface area contributed by atoms with Gasteiger partial charge in [-0.1, -0.05) is 6.92 Å². The maximum Gasteiger partial charge on any atom is 0.320 e. The zero-order valence-electron chi connectivity index (χ0n) is 12.8. The van der Waals surface area contributed by atoms with Crippen LogP contribution >= 0.6 is 0 Å². The monoisotopic (exact) mass is 267 g/mol. The number of hydrogen-bond donors (Lipinski definition) is 0. The summed E-state index contributed by atoms with van der Waals surface area (Å²) in [7, 11) is 4.26. The summed E-state index contributed by atoms with van der Waals surface area (Å²) in [6.07, 6.45) is 4.76. The lowest BCUT2D eigenvalue weighted by Crippen LogP contribution is -2.50. The predicted octanol–water partition coefficient (Wildman–Crippen LogP) is 2.11.